The molecule has 0 saturated carbocycles. The van der Waals surface area contributed by atoms with Gasteiger partial charge in [0.05, 0.1) is 12.6 Å². The van der Waals surface area contributed by atoms with Crippen molar-refractivity contribution in [3.63, 3.8) is 0 Å². The fraction of sp³-hybridized carbons (Fsp3) is 0.929. The Morgan fingerprint density at radius 3 is 2.67 bits per heavy atom. The zero-order chi connectivity index (χ0) is 13.5. The molecule has 1 saturated heterocycles. The fourth-order valence-corrected chi connectivity index (χ4v) is 2.34. The van der Waals surface area contributed by atoms with E-state index in [0.717, 1.165) is 13.1 Å². The lowest BCUT2D eigenvalue weighted by atomic mass is 10.0. The van der Waals surface area contributed by atoms with Crippen molar-refractivity contribution in [2.24, 2.45) is 0 Å². The van der Waals surface area contributed by atoms with Gasteiger partial charge >= 0.3 is 5.97 Å². The molecule has 1 aliphatic rings. The van der Waals surface area contributed by atoms with E-state index in [1.165, 1.54) is 19.3 Å². The van der Waals surface area contributed by atoms with E-state index in [9.17, 15) is 4.79 Å². The molecule has 0 aromatic heterocycles. The lowest BCUT2D eigenvalue weighted by Gasteiger charge is -2.35. The van der Waals surface area contributed by atoms with Crippen LogP contribution in [0.15, 0.2) is 0 Å². The molecule has 1 aliphatic heterocycles. The third-order valence-electron chi connectivity index (χ3n) is 3.21. The third kappa shape index (κ3) is 5.83. The molecule has 0 radical (unpaired) electrons. The van der Waals surface area contributed by atoms with Crippen LogP contribution < -0.4 is 5.32 Å². The summed E-state index contributed by atoms with van der Waals surface area (Å²) in [5.74, 6) is -0.0959. The van der Waals surface area contributed by atoms with Gasteiger partial charge in [-0.3, -0.25) is 9.69 Å². The van der Waals surface area contributed by atoms with Crippen LogP contribution in [0.4, 0.5) is 0 Å². The van der Waals surface area contributed by atoms with Crippen LogP contribution in [-0.2, 0) is 9.53 Å². The smallest absolute Gasteiger partial charge is 0.320 e. The maximum Gasteiger partial charge on any atom is 0.320 e. The van der Waals surface area contributed by atoms with Crippen LogP contribution in [-0.4, -0.2) is 48.7 Å². The molecule has 0 bridgehead atoms. The third-order valence-corrected chi connectivity index (χ3v) is 3.21. The Morgan fingerprint density at radius 1 is 1.33 bits per heavy atom. The van der Waals surface area contributed by atoms with Crippen LogP contribution >= 0.6 is 0 Å². The fourth-order valence-electron chi connectivity index (χ4n) is 2.34. The summed E-state index contributed by atoms with van der Waals surface area (Å²) in [6, 6.07) is 0.970. The van der Waals surface area contributed by atoms with E-state index in [1.54, 1.807) is 0 Å². The molecule has 4 nitrogen and oxygen atoms in total. The maximum atomic E-state index is 11.7. The summed E-state index contributed by atoms with van der Waals surface area (Å²) in [6.45, 7) is 10.5. The van der Waals surface area contributed by atoms with Crippen LogP contribution in [0.5, 0.6) is 0 Å². The summed E-state index contributed by atoms with van der Waals surface area (Å²) in [5, 5.41) is 3.47. The highest BCUT2D eigenvalue weighted by atomic mass is 16.5. The summed E-state index contributed by atoms with van der Waals surface area (Å²) in [6.07, 6.45) is 3.61. The van der Waals surface area contributed by atoms with Gasteiger partial charge in [0.1, 0.15) is 0 Å². The Labute approximate surface area is 111 Å². The quantitative estimate of drug-likeness (QED) is 0.736. The van der Waals surface area contributed by atoms with Gasteiger partial charge < -0.3 is 10.1 Å². The molecule has 1 fully saturated rings. The molecular weight excluding hydrogens is 228 g/mol. The molecule has 0 spiro atoms. The lowest BCUT2D eigenvalue weighted by molar-refractivity contribution is -0.149. The van der Waals surface area contributed by atoms with E-state index >= 15 is 0 Å². The van der Waals surface area contributed by atoms with Crippen molar-refractivity contribution in [3.8, 4) is 0 Å². The van der Waals surface area contributed by atoms with Crippen molar-refractivity contribution in [1.82, 2.24) is 10.2 Å². The number of nitrogens with one attached hydrogen (secondary N) is 1. The van der Waals surface area contributed by atoms with Crippen LogP contribution in [0.2, 0.25) is 0 Å². The molecule has 18 heavy (non-hydrogen) atoms. The van der Waals surface area contributed by atoms with Crippen molar-refractivity contribution >= 4 is 5.97 Å². The Balaban J connectivity index is 2.41. The molecule has 0 aromatic rings. The van der Waals surface area contributed by atoms with Crippen LogP contribution in [0.3, 0.4) is 0 Å². The van der Waals surface area contributed by atoms with Gasteiger partial charge in [0.2, 0.25) is 0 Å². The molecule has 1 N–H and O–H groups in total. The summed E-state index contributed by atoms with van der Waals surface area (Å²) in [4.78, 5) is 14.0. The van der Waals surface area contributed by atoms with Gasteiger partial charge in [0.25, 0.3) is 0 Å². The maximum absolute atomic E-state index is 11.7. The molecular formula is C14H28N2O2. The Hall–Kier alpha value is -0.610. The number of piperidine rings is 1. The highest BCUT2D eigenvalue weighted by Crippen LogP contribution is 2.16. The lowest BCUT2D eigenvalue weighted by Crippen LogP contribution is -2.48. The summed E-state index contributed by atoms with van der Waals surface area (Å²) in [7, 11) is 0. The van der Waals surface area contributed by atoms with Gasteiger partial charge in [-0.2, -0.15) is 0 Å². The normalized spacial score (nSPS) is 21.6. The number of hydrogen-bond acceptors (Lipinski definition) is 4. The first kappa shape index (κ1) is 15.4. The average molecular weight is 256 g/mol. The molecule has 1 rings (SSSR count). The molecule has 1 heterocycles. The molecule has 0 aliphatic carbocycles. The van der Waals surface area contributed by atoms with Crippen LogP contribution in [0.25, 0.3) is 0 Å². The minimum atomic E-state index is -0.0959. The number of carbonyl (C=O) groups is 1. The van der Waals surface area contributed by atoms with Crippen molar-refractivity contribution in [1.29, 1.82) is 0 Å². The van der Waals surface area contributed by atoms with E-state index in [1.807, 2.05) is 13.8 Å². The van der Waals surface area contributed by atoms with Crippen LogP contribution in [0.1, 0.15) is 47.0 Å². The summed E-state index contributed by atoms with van der Waals surface area (Å²) in [5.41, 5.74) is 0. The van der Waals surface area contributed by atoms with Crippen molar-refractivity contribution < 1.29 is 9.53 Å². The van der Waals surface area contributed by atoms with Crippen LogP contribution in [0, 0.1) is 0 Å². The zero-order valence-electron chi connectivity index (χ0n) is 12.2. The number of nitrogens with zero attached hydrogens (tertiary/aromatic N) is 1. The number of ether oxygens (including phenoxy) is 1. The average Bonchev–Trinajstić information content (AvgIpc) is 2.26. The molecule has 1 atom stereocenters. The number of rotatable bonds is 6. The SMILES string of the molecule is CC(C)NCC1CCCCN1CC(=O)OC(C)C. The second-order valence-corrected chi connectivity index (χ2v) is 5.72. The molecule has 4 heteroatoms. The molecule has 106 valence electrons. The second-order valence-electron chi connectivity index (χ2n) is 5.72. The number of hydrogen-bond donors (Lipinski definition) is 1. The predicted molar refractivity (Wildman–Crippen MR) is 73.6 cm³/mol. The first-order chi connectivity index (χ1) is 8.49. The van der Waals surface area contributed by atoms with Gasteiger partial charge in [0.15, 0.2) is 0 Å². The summed E-state index contributed by atoms with van der Waals surface area (Å²) < 4.78 is 5.23. The van der Waals surface area contributed by atoms with Gasteiger partial charge in [0, 0.05) is 18.6 Å². The number of esters is 1. The van der Waals surface area contributed by atoms with Gasteiger partial charge in [-0.05, 0) is 33.2 Å². The van der Waals surface area contributed by atoms with E-state index in [0.29, 0.717) is 18.6 Å². The van der Waals surface area contributed by atoms with Crippen molar-refractivity contribution in [3.05, 3.63) is 0 Å². The standard InChI is InChI=1S/C14H28N2O2/c1-11(2)15-9-13-7-5-6-8-16(13)10-14(17)18-12(3)4/h11-13,15H,5-10H2,1-4H3. The predicted octanol–water partition coefficient (Wildman–Crippen LogP) is 1.79. The Morgan fingerprint density at radius 2 is 2.06 bits per heavy atom. The minimum Gasteiger partial charge on any atom is -0.462 e. The monoisotopic (exact) mass is 256 g/mol. The van der Waals surface area contributed by atoms with Gasteiger partial charge in [-0.15, -0.1) is 0 Å². The highest BCUT2D eigenvalue weighted by Gasteiger charge is 2.24. The topological polar surface area (TPSA) is 41.6 Å². The van der Waals surface area contributed by atoms with E-state index < -0.39 is 0 Å². The number of likely N-dealkylation sites (tertiary alicyclic amines) is 1. The largest absolute Gasteiger partial charge is 0.462 e. The first-order valence-corrected chi connectivity index (χ1v) is 7.16. The van der Waals surface area contributed by atoms with Gasteiger partial charge in [-0.25, -0.2) is 0 Å². The minimum absolute atomic E-state index is 0.0190. The Kier molecular flexibility index (Phi) is 6.65. The molecule has 0 amide bonds. The van der Waals surface area contributed by atoms with Crippen molar-refractivity contribution in [2.45, 2.75) is 65.1 Å². The van der Waals surface area contributed by atoms with Gasteiger partial charge in [-0.1, -0.05) is 20.3 Å². The van der Waals surface area contributed by atoms with Crippen molar-refractivity contribution in [2.75, 3.05) is 19.6 Å². The second kappa shape index (κ2) is 7.74. The first-order valence-electron chi connectivity index (χ1n) is 7.16. The van der Waals surface area contributed by atoms with E-state index in [2.05, 4.69) is 24.1 Å². The molecule has 1 unspecified atom stereocenters. The van der Waals surface area contributed by atoms with E-state index in [-0.39, 0.29) is 12.1 Å². The molecule has 0 aromatic carbocycles. The highest BCUT2D eigenvalue weighted by molar-refractivity contribution is 5.71. The summed E-state index contributed by atoms with van der Waals surface area (Å²) >= 11 is 0. The number of carbonyl (C=O) groups excluding carboxylic acids is 1. The zero-order valence-corrected chi connectivity index (χ0v) is 12.2. The van der Waals surface area contributed by atoms with E-state index in [4.69, 9.17) is 4.74 Å². The Bertz CT molecular complexity index is 254.